The van der Waals surface area contributed by atoms with Crippen LogP contribution in [0.1, 0.15) is 45.4 Å². The fourth-order valence-corrected chi connectivity index (χ4v) is 3.50. The number of nitrogens with zero attached hydrogens (tertiary/aromatic N) is 2. The molecular formula is C15H25N3O. The molecular weight excluding hydrogens is 238 g/mol. The molecule has 0 spiro atoms. The van der Waals surface area contributed by atoms with E-state index in [0.29, 0.717) is 12.6 Å². The molecule has 106 valence electrons. The van der Waals surface area contributed by atoms with E-state index in [1.54, 1.807) is 4.90 Å². The molecule has 0 aromatic rings. The third-order valence-corrected chi connectivity index (χ3v) is 4.59. The summed E-state index contributed by atoms with van der Waals surface area (Å²) in [5.41, 5.74) is 0. The van der Waals surface area contributed by atoms with E-state index in [2.05, 4.69) is 11.4 Å². The van der Waals surface area contributed by atoms with E-state index in [1.165, 1.54) is 32.1 Å². The van der Waals surface area contributed by atoms with E-state index in [4.69, 9.17) is 5.26 Å². The van der Waals surface area contributed by atoms with Crippen LogP contribution >= 0.6 is 0 Å². The predicted octanol–water partition coefficient (Wildman–Crippen LogP) is 1.92. The lowest BCUT2D eigenvalue weighted by Gasteiger charge is -2.40. The summed E-state index contributed by atoms with van der Waals surface area (Å²) < 4.78 is 0. The average molecular weight is 263 g/mol. The highest BCUT2D eigenvalue weighted by atomic mass is 16.2. The quantitative estimate of drug-likeness (QED) is 0.846. The third-order valence-electron chi connectivity index (χ3n) is 4.59. The molecule has 1 amide bonds. The van der Waals surface area contributed by atoms with Crippen molar-refractivity contribution in [3.63, 3.8) is 0 Å². The van der Waals surface area contributed by atoms with Crippen LogP contribution in [0.4, 0.5) is 0 Å². The Morgan fingerprint density at radius 2 is 2.11 bits per heavy atom. The Kier molecular flexibility index (Phi) is 4.81. The van der Waals surface area contributed by atoms with Crippen molar-refractivity contribution in [3.05, 3.63) is 0 Å². The van der Waals surface area contributed by atoms with Crippen LogP contribution in [0.5, 0.6) is 0 Å². The maximum atomic E-state index is 12.4. The fraction of sp³-hybridized carbons (Fsp3) is 0.867. The maximum absolute atomic E-state index is 12.4. The smallest absolute Gasteiger partial charge is 0.239 e. The summed E-state index contributed by atoms with van der Waals surface area (Å²) in [6.45, 7) is 2.39. The number of likely N-dealkylation sites (N-methyl/N-ethyl adjacent to an activating group) is 1. The van der Waals surface area contributed by atoms with Gasteiger partial charge in [0.2, 0.25) is 5.91 Å². The van der Waals surface area contributed by atoms with Crippen molar-refractivity contribution in [1.29, 1.82) is 5.26 Å². The van der Waals surface area contributed by atoms with Crippen LogP contribution in [0.2, 0.25) is 0 Å². The molecule has 4 heteroatoms. The van der Waals surface area contributed by atoms with Crippen molar-refractivity contribution in [1.82, 2.24) is 10.2 Å². The fourth-order valence-electron chi connectivity index (χ4n) is 3.50. The van der Waals surface area contributed by atoms with Crippen LogP contribution in [0, 0.1) is 23.2 Å². The zero-order valence-electron chi connectivity index (χ0n) is 12.1. The van der Waals surface area contributed by atoms with Gasteiger partial charge in [-0.25, -0.2) is 0 Å². The Bertz CT molecular complexity index is 363. The van der Waals surface area contributed by atoms with E-state index in [1.807, 2.05) is 14.0 Å². The number of hydrogen-bond acceptors (Lipinski definition) is 3. The Morgan fingerprint density at radius 1 is 1.37 bits per heavy atom. The first-order valence-electron chi connectivity index (χ1n) is 7.52. The summed E-state index contributed by atoms with van der Waals surface area (Å²) in [4.78, 5) is 14.1. The zero-order chi connectivity index (χ0) is 13.8. The van der Waals surface area contributed by atoms with E-state index in [-0.39, 0.29) is 17.9 Å². The van der Waals surface area contributed by atoms with Crippen molar-refractivity contribution in [2.75, 3.05) is 13.6 Å². The summed E-state index contributed by atoms with van der Waals surface area (Å²) >= 11 is 0. The SMILES string of the molecule is CC(C#N)CN(C)C(=O)C1CCC2CCCCC2N1. The predicted molar refractivity (Wildman–Crippen MR) is 74.3 cm³/mol. The number of carbonyl (C=O) groups excluding carboxylic acids is 1. The van der Waals surface area contributed by atoms with Crippen molar-refractivity contribution >= 4 is 5.91 Å². The van der Waals surface area contributed by atoms with Crippen molar-refractivity contribution < 1.29 is 4.79 Å². The molecule has 1 N–H and O–H groups in total. The molecule has 1 saturated heterocycles. The first kappa shape index (κ1) is 14.3. The molecule has 19 heavy (non-hydrogen) atoms. The van der Waals surface area contributed by atoms with Crippen LogP contribution in [0.25, 0.3) is 0 Å². The van der Waals surface area contributed by atoms with Crippen LogP contribution in [-0.4, -0.2) is 36.5 Å². The average Bonchev–Trinajstić information content (AvgIpc) is 2.45. The molecule has 1 saturated carbocycles. The Labute approximate surface area is 116 Å². The molecule has 0 aromatic heterocycles. The molecule has 1 heterocycles. The number of nitriles is 1. The summed E-state index contributed by atoms with van der Waals surface area (Å²) in [5, 5.41) is 12.4. The maximum Gasteiger partial charge on any atom is 0.239 e. The number of amides is 1. The van der Waals surface area contributed by atoms with Crippen molar-refractivity contribution in [2.45, 2.75) is 57.5 Å². The van der Waals surface area contributed by atoms with Crippen molar-refractivity contribution in [3.8, 4) is 6.07 Å². The van der Waals surface area contributed by atoms with Gasteiger partial charge in [0.25, 0.3) is 0 Å². The second-order valence-corrected chi connectivity index (χ2v) is 6.20. The number of carbonyl (C=O) groups is 1. The van der Waals surface area contributed by atoms with E-state index < -0.39 is 0 Å². The molecule has 4 nitrogen and oxygen atoms in total. The van der Waals surface area contributed by atoms with Crippen LogP contribution in [0.3, 0.4) is 0 Å². The normalized spacial score (nSPS) is 31.9. The molecule has 0 radical (unpaired) electrons. The number of nitrogens with one attached hydrogen (secondary N) is 1. The monoisotopic (exact) mass is 263 g/mol. The largest absolute Gasteiger partial charge is 0.343 e. The number of rotatable bonds is 3. The highest BCUT2D eigenvalue weighted by molar-refractivity contribution is 5.81. The first-order valence-corrected chi connectivity index (χ1v) is 7.52. The topological polar surface area (TPSA) is 56.1 Å². The van der Waals surface area contributed by atoms with Gasteiger partial charge in [-0.2, -0.15) is 5.26 Å². The highest BCUT2D eigenvalue weighted by Crippen LogP contribution is 2.32. The van der Waals surface area contributed by atoms with Gasteiger partial charge in [0.1, 0.15) is 0 Å². The summed E-state index contributed by atoms with van der Waals surface area (Å²) in [7, 11) is 1.81. The van der Waals surface area contributed by atoms with Gasteiger partial charge in [-0.05, 0) is 38.5 Å². The lowest BCUT2D eigenvalue weighted by molar-refractivity contribution is -0.133. The van der Waals surface area contributed by atoms with Gasteiger partial charge in [0.05, 0.1) is 18.0 Å². The van der Waals surface area contributed by atoms with Gasteiger partial charge >= 0.3 is 0 Å². The van der Waals surface area contributed by atoms with Gasteiger partial charge in [-0.1, -0.05) is 12.8 Å². The minimum atomic E-state index is -0.0973. The first-order chi connectivity index (χ1) is 9.11. The Hall–Kier alpha value is -1.08. The molecule has 4 unspecified atom stereocenters. The molecule has 2 fully saturated rings. The van der Waals surface area contributed by atoms with Gasteiger partial charge in [0.15, 0.2) is 0 Å². The number of fused-ring (bicyclic) bond motifs is 1. The Morgan fingerprint density at radius 3 is 2.84 bits per heavy atom. The minimum absolute atomic E-state index is 0.0322. The molecule has 4 atom stereocenters. The molecule has 2 aliphatic rings. The van der Waals surface area contributed by atoms with Crippen LogP contribution < -0.4 is 5.32 Å². The van der Waals surface area contributed by atoms with Gasteiger partial charge in [-0.3, -0.25) is 4.79 Å². The van der Waals surface area contributed by atoms with E-state index >= 15 is 0 Å². The number of piperidine rings is 1. The minimum Gasteiger partial charge on any atom is -0.343 e. The standard InChI is InChI=1S/C15H25N3O/c1-11(9-16)10-18(2)15(19)14-8-7-12-5-3-4-6-13(12)17-14/h11-14,17H,3-8,10H2,1-2H3. The van der Waals surface area contributed by atoms with Gasteiger partial charge < -0.3 is 10.2 Å². The lowest BCUT2D eigenvalue weighted by atomic mass is 9.77. The molecule has 2 rings (SSSR count). The molecule has 1 aliphatic carbocycles. The summed E-state index contributed by atoms with van der Waals surface area (Å²) in [6.07, 6.45) is 7.30. The Balaban J connectivity index is 1.88. The molecule has 0 bridgehead atoms. The summed E-state index contributed by atoms with van der Waals surface area (Å²) in [5.74, 6) is 0.840. The van der Waals surface area contributed by atoms with E-state index in [0.717, 1.165) is 12.3 Å². The lowest BCUT2D eigenvalue weighted by Crippen LogP contribution is -2.55. The van der Waals surface area contributed by atoms with Gasteiger partial charge in [-0.15, -0.1) is 0 Å². The number of hydrogen-bond donors (Lipinski definition) is 1. The van der Waals surface area contributed by atoms with Crippen molar-refractivity contribution in [2.24, 2.45) is 11.8 Å². The molecule has 1 aliphatic heterocycles. The highest BCUT2D eigenvalue weighted by Gasteiger charge is 2.35. The van der Waals surface area contributed by atoms with Crippen LogP contribution in [0.15, 0.2) is 0 Å². The van der Waals surface area contributed by atoms with E-state index in [9.17, 15) is 4.79 Å². The summed E-state index contributed by atoms with van der Waals surface area (Å²) in [6, 6.07) is 2.69. The van der Waals surface area contributed by atoms with Crippen LogP contribution in [-0.2, 0) is 4.79 Å². The zero-order valence-corrected chi connectivity index (χ0v) is 12.1. The van der Waals surface area contributed by atoms with Gasteiger partial charge in [0, 0.05) is 19.6 Å². The second-order valence-electron chi connectivity index (χ2n) is 6.20. The third kappa shape index (κ3) is 3.48. The molecule has 0 aromatic carbocycles. The second kappa shape index (κ2) is 6.38.